The number of carbonyl (C=O) groups excluding carboxylic acids is 1. The van der Waals surface area contributed by atoms with Crippen molar-refractivity contribution < 1.29 is 13.9 Å². The summed E-state index contributed by atoms with van der Waals surface area (Å²) in [6.07, 6.45) is 0. The van der Waals surface area contributed by atoms with Gasteiger partial charge in [-0.3, -0.25) is 4.79 Å². The summed E-state index contributed by atoms with van der Waals surface area (Å²) in [5.74, 6) is 1.20. The van der Waals surface area contributed by atoms with E-state index in [1.807, 2.05) is 24.3 Å². The van der Waals surface area contributed by atoms with Gasteiger partial charge in [-0.1, -0.05) is 12.1 Å². The van der Waals surface area contributed by atoms with E-state index < -0.39 is 0 Å². The zero-order valence-corrected chi connectivity index (χ0v) is 14.7. The molecule has 2 aliphatic heterocycles. The van der Waals surface area contributed by atoms with Gasteiger partial charge in [0.15, 0.2) is 0 Å². The molecule has 2 aliphatic rings. The Balaban J connectivity index is 1.78. The Morgan fingerprint density at radius 2 is 2.04 bits per heavy atom. The first-order valence-electron chi connectivity index (χ1n) is 8.03. The highest BCUT2D eigenvalue weighted by Crippen LogP contribution is 2.45. The molecule has 4 nitrogen and oxygen atoms in total. The Hall–Kier alpha value is -2.34. The van der Waals surface area contributed by atoms with E-state index in [1.54, 1.807) is 24.9 Å². The van der Waals surface area contributed by atoms with Crippen LogP contribution in [0.1, 0.15) is 24.1 Å². The van der Waals surface area contributed by atoms with Gasteiger partial charge < -0.3 is 4.74 Å². The van der Waals surface area contributed by atoms with Crippen LogP contribution in [0.3, 0.4) is 0 Å². The Kier molecular flexibility index (Phi) is 4.00. The van der Waals surface area contributed by atoms with Crippen molar-refractivity contribution in [3.05, 3.63) is 59.4 Å². The first kappa shape index (κ1) is 16.1. The van der Waals surface area contributed by atoms with Crippen LogP contribution in [-0.4, -0.2) is 29.5 Å². The molecule has 0 radical (unpaired) electrons. The highest BCUT2D eigenvalue weighted by Gasteiger charge is 2.43. The van der Waals surface area contributed by atoms with Crippen LogP contribution >= 0.6 is 11.8 Å². The number of rotatable bonds is 2. The Morgan fingerprint density at radius 3 is 2.72 bits per heavy atom. The van der Waals surface area contributed by atoms with Crippen molar-refractivity contribution in [2.45, 2.75) is 17.9 Å². The Bertz CT molecular complexity index is 866. The molecule has 2 aromatic carbocycles. The lowest BCUT2D eigenvalue weighted by Crippen LogP contribution is -2.31. The third-order valence-electron chi connectivity index (χ3n) is 4.63. The Morgan fingerprint density at radius 1 is 1.28 bits per heavy atom. The van der Waals surface area contributed by atoms with Crippen LogP contribution in [0.15, 0.2) is 52.5 Å². The van der Waals surface area contributed by atoms with Crippen LogP contribution in [-0.2, 0) is 4.79 Å². The third-order valence-corrected chi connectivity index (χ3v) is 5.82. The summed E-state index contributed by atoms with van der Waals surface area (Å²) in [5.41, 5.74) is 2.59. The molecule has 0 N–H and O–H groups in total. The molecule has 0 saturated carbocycles. The molecule has 1 amide bonds. The maximum absolute atomic E-state index is 13.8. The van der Waals surface area contributed by atoms with E-state index in [9.17, 15) is 9.18 Å². The number of hydrogen-bond donors (Lipinski definition) is 0. The second-order valence-electron chi connectivity index (χ2n) is 6.12. The quantitative estimate of drug-likeness (QED) is 0.820. The average molecular weight is 356 g/mol. The maximum Gasteiger partial charge on any atom is 0.240 e. The monoisotopic (exact) mass is 356 g/mol. The highest BCUT2D eigenvalue weighted by atomic mass is 32.2. The van der Waals surface area contributed by atoms with Crippen molar-refractivity contribution in [3.63, 3.8) is 0 Å². The summed E-state index contributed by atoms with van der Waals surface area (Å²) in [7, 11) is 1.62. The molecule has 0 fully saturated rings. The Labute approximate surface area is 149 Å². The van der Waals surface area contributed by atoms with Gasteiger partial charge in [0, 0.05) is 29.1 Å². The first-order chi connectivity index (χ1) is 12.1. The van der Waals surface area contributed by atoms with E-state index >= 15 is 0 Å². The van der Waals surface area contributed by atoms with Gasteiger partial charge in [-0.2, -0.15) is 5.10 Å². The van der Waals surface area contributed by atoms with E-state index in [1.165, 1.54) is 24.1 Å². The van der Waals surface area contributed by atoms with E-state index in [4.69, 9.17) is 4.74 Å². The van der Waals surface area contributed by atoms with Gasteiger partial charge in [0.1, 0.15) is 11.6 Å². The van der Waals surface area contributed by atoms with Crippen LogP contribution in [0.25, 0.3) is 0 Å². The number of halogens is 1. The molecule has 6 heteroatoms. The molecular formula is C19H17FN2O2S. The third kappa shape index (κ3) is 2.70. The minimum absolute atomic E-state index is 0.0385. The zero-order valence-electron chi connectivity index (χ0n) is 13.9. The van der Waals surface area contributed by atoms with Gasteiger partial charge >= 0.3 is 0 Å². The largest absolute Gasteiger partial charge is 0.497 e. The molecular weight excluding hydrogens is 339 g/mol. The van der Waals surface area contributed by atoms with Crippen LogP contribution < -0.4 is 4.74 Å². The fourth-order valence-electron chi connectivity index (χ4n) is 3.44. The molecule has 2 heterocycles. The fraction of sp³-hybridized carbons (Fsp3) is 0.263. The van der Waals surface area contributed by atoms with Crippen LogP contribution in [0.4, 0.5) is 4.39 Å². The number of carbonyl (C=O) groups is 1. The SMILES string of the molecule is COc1ccc([C@@H]2[C@@H]3CSc4ccc(F)cc4C3=NN2C(C)=O)cc1. The molecule has 0 bridgehead atoms. The van der Waals surface area contributed by atoms with Crippen molar-refractivity contribution in [3.8, 4) is 5.75 Å². The molecule has 25 heavy (non-hydrogen) atoms. The number of benzene rings is 2. The lowest BCUT2D eigenvalue weighted by molar-refractivity contribution is -0.131. The van der Waals surface area contributed by atoms with Crippen LogP contribution in [0, 0.1) is 11.7 Å². The van der Waals surface area contributed by atoms with E-state index in [0.717, 1.165) is 33.2 Å². The molecule has 0 aliphatic carbocycles. The number of fused-ring (bicyclic) bond motifs is 3. The zero-order chi connectivity index (χ0) is 17.6. The summed E-state index contributed by atoms with van der Waals surface area (Å²) in [6.45, 7) is 1.51. The van der Waals surface area contributed by atoms with Crippen molar-refractivity contribution in [2.24, 2.45) is 11.0 Å². The summed E-state index contributed by atoms with van der Waals surface area (Å²) in [5, 5.41) is 6.11. The van der Waals surface area contributed by atoms with Crippen LogP contribution in [0.5, 0.6) is 5.75 Å². The number of nitrogens with zero attached hydrogens (tertiary/aromatic N) is 2. The molecule has 2 aromatic rings. The number of methoxy groups -OCH3 is 1. The van der Waals surface area contributed by atoms with Gasteiger partial charge in [0.05, 0.1) is 18.9 Å². The van der Waals surface area contributed by atoms with Gasteiger partial charge in [-0.25, -0.2) is 9.40 Å². The van der Waals surface area contributed by atoms with Gasteiger partial charge in [-0.15, -0.1) is 11.8 Å². The average Bonchev–Trinajstić information content (AvgIpc) is 3.02. The molecule has 0 aromatic heterocycles. The highest BCUT2D eigenvalue weighted by molar-refractivity contribution is 7.99. The van der Waals surface area contributed by atoms with Crippen molar-refractivity contribution in [1.29, 1.82) is 0 Å². The maximum atomic E-state index is 13.8. The molecule has 4 rings (SSSR count). The van der Waals surface area contributed by atoms with Crippen molar-refractivity contribution >= 4 is 23.4 Å². The van der Waals surface area contributed by atoms with Gasteiger partial charge in [0.2, 0.25) is 5.91 Å². The summed E-state index contributed by atoms with van der Waals surface area (Å²) in [4.78, 5) is 13.2. The second kappa shape index (κ2) is 6.19. The molecule has 2 atom stereocenters. The van der Waals surface area contributed by atoms with Crippen molar-refractivity contribution in [2.75, 3.05) is 12.9 Å². The summed E-state index contributed by atoms with van der Waals surface area (Å²) in [6, 6.07) is 12.3. The van der Waals surface area contributed by atoms with E-state index in [-0.39, 0.29) is 23.7 Å². The number of thioether (sulfide) groups is 1. The van der Waals surface area contributed by atoms with Gasteiger partial charge in [-0.05, 0) is 35.9 Å². The lowest BCUT2D eigenvalue weighted by Gasteiger charge is -2.29. The number of ether oxygens (including phenoxy) is 1. The molecule has 0 spiro atoms. The normalized spacial score (nSPS) is 21.4. The fourth-order valence-corrected chi connectivity index (χ4v) is 4.63. The summed E-state index contributed by atoms with van der Waals surface area (Å²) >= 11 is 1.68. The number of amides is 1. The molecule has 128 valence electrons. The standard InChI is InChI=1S/C19H17FN2O2S/c1-11(23)22-19(12-3-6-14(24-2)7-4-12)16-10-25-17-8-5-13(20)9-15(17)18(16)21-22/h3-9,16,19H,10H2,1-2H3/t16-,19-/m1/s1. The van der Waals surface area contributed by atoms with Gasteiger partial charge in [0.25, 0.3) is 0 Å². The van der Waals surface area contributed by atoms with Crippen molar-refractivity contribution in [1.82, 2.24) is 5.01 Å². The summed E-state index contributed by atoms with van der Waals surface area (Å²) < 4.78 is 19.0. The molecule has 0 saturated heterocycles. The predicted molar refractivity (Wildman–Crippen MR) is 95.4 cm³/mol. The minimum Gasteiger partial charge on any atom is -0.497 e. The minimum atomic E-state index is -0.287. The second-order valence-corrected chi connectivity index (χ2v) is 7.19. The van der Waals surface area contributed by atoms with E-state index in [2.05, 4.69) is 5.10 Å². The first-order valence-corrected chi connectivity index (χ1v) is 9.02. The number of hydrazone groups is 1. The lowest BCUT2D eigenvalue weighted by atomic mass is 9.88. The molecule has 0 unspecified atom stereocenters. The smallest absolute Gasteiger partial charge is 0.240 e. The van der Waals surface area contributed by atoms with E-state index in [0.29, 0.717) is 0 Å². The predicted octanol–water partition coefficient (Wildman–Crippen LogP) is 3.86. The number of hydrogen-bond acceptors (Lipinski definition) is 4. The van der Waals surface area contributed by atoms with Crippen LogP contribution in [0.2, 0.25) is 0 Å². The topological polar surface area (TPSA) is 41.9 Å².